The van der Waals surface area contributed by atoms with Crippen molar-refractivity contribution in [2.75, 3.05) is 78.5 Å². The molecule has 1 aliphatic heterocycles. The monoisotopic (exact) mass is 371 g/mol. The summed E-state index contributed by atoms with van der Waals surface area (Å²) in [7, 11) is 0. The molecule has 0 aromatic rings. The van der Waals surface area contributed by atoms with Gasteiger partial charge in [-0.1, -0.05) is 6.92 Å². The first kappa shape index (κ1) is 22.3. The molecule has 10 heteroatoms. The van der Waals surface area contributed by atoms with Gasteiger partial charge in [0.15, 0.2) is 0 Å². The fourth-order valence-electron chi connectivity index (χ4n) is 3.03. The number of hydrogen-bond acceptors (Lipinski definition) is 7. The minimum absolute atomic E-state index is 0.135. The van der Waals surface area contributed by atoms with Crippen LogP contribution in [0.15, 0.2) is 0 Å². The topological polar surface area (TPSA) is 142 Å². The maximum absolute atomic E-state index is 11.3. The van der Waals surface area contributed by atoms with Crippen LogP contribution in [-0.4, -0.2) is 116 Å². The lowest BCUT2D eigenvalue weighted by atomic mass is 10.3. The second kappa shape index (κ2) is 11.8. The third-order valence-electron chi connectivity index (χ3n) is 4.52. The third-order valence-corrected chi connectivity index (χ3v) is 4.52. The molecule has 0 atom stereocenters. The Morgan fingerprint density at radius 2 is 0.808 bits per heavy atom. The Balaban J connectivity index is 2.82. The van der Waals surface area contributed by atoms with Crippen LogP contribution in [-0.2, 0) is 14.4 Å². The van der Waals surface area contributed by atoms with Crippen molar-refractivity contribution in [3.8, 4) is 0 Å². The summed E-state index contributed by atoms with van der Waals surface area (Å²) in [5.74, 6) is -1.14. The van der Waals surface area contributed by atoms with Crippen LogP contribution in [0.1, 0.15) is 6.92 Å². The van der Waals surface area contributed by atoms with E-state index in [0.717, 1.165) is 19.6 Å². The molecule has 0 bridgehead atoms. The van der Waals surface area contributed by atoms with Gasteiger partial charge in [0.1, 0.15) is 0 Å². The molecule has 0 spiro atoms. The van der Waals surface area contributed by atoms with E-state index in [1.165, 1.54) is 0 Å². The normalized spacial score (nSPS) is 20.2. The van der Waals surface area contributed by atoms with Gasteiger partial charge in [-0.05, 0) is 6.54 Å². The molecule has 10 nitrogen and oxygen atoms in total. The van der Waals surface area contributed by atoms with Gasteiger partial charge < -0.3 is 22.1 Å². The predicted octanol–water partition coefficient (Wildman–Crippen LogP) is -3.32. The molecule has 6 N–H and O–H groups in total. The number of primary amides is 3. The first-order chi connectivity index (χ1) is 12.3. The van der Waals surface area contributed by atoms with Crippen molar-refractivity contribution in [2.45, 2.75) is 6.92 Å². The molecule has 0 radical (unpaired) electrons. The van der Waals surface area contributed by atoms with Gasteiger partial charge in [-0.2, -0.15) is 0 Å². The van der Waals surface area contributed by atoms with E-state index in [1.807, 2.05) is 14.7 Å². The summed E-state index contributed by atoms with van der Waals surface area (Å²) in [6, 6.07) is 0. The maximum atomic E-state index is 11.3. The average Bonchev–Trinajstić information content (AvgIpc) is 2.53. The molecule has 3 amide bonds. The minimum atomic E-state index is -0.405. The van der Waals surface area contributed by atoms with E-state index < -0.39 is 5.91 Å². The Labute approximate surface area is 155 Å². The molecule has 1 rings (SSSR count). The lowest BCUT2D eigenvalue weighted by Crippen LogP contribution is -2.49. The zero-order chi connectivity index (χ0) is 19.5. The first-order valence-corrected chi connectivity index (χ1v) is 9.04. The molecule has 0 aliphatic carbocycles. The fraction of sp³-hybridized carbons (Fsp3) is 0.812. The highest BCUT2D eigenvalue weighted by Crippen LogP contribution is 2.00. The Hall–Kier alpha value is -1.75. The molecule has 0 aromatic heterocycles. The Kier molecular flexibility index (Phi) is 10.1. The maximum Gasteiger partial charge on any atom is 0.231 e. The summed E-state index contributed by atoms with van der Waals surface area (Å²) in [6.45, 7) is 8.89. The molecule has 0 unspecified atom stereocenters. The van der Waals surface area contributed by atoms with Crippen molar-refractivity contribution < 1.29 is 14.4 Å². The number of amides is 3. The van der Waals surface area contributed by atoms with Crippen molar-refractivity contribution in [3.05, 3.63) is 0 Å². The van der Waals surface area contributed by atoms with Crippen LogP contribution in [0.5, 0.6) is 0 Å². The number of hydrogen-bond donors (Lipinski definition) is 3. The SMILES string of the molecule is CCN1CCN(CC(N)=O)CCN(CC(N)=O)CCN(CC(N)=O)CC1. The number of rotatable bonds is 7. The summed E-state index contributed by atoms with van der Waals surface area (Å²) < 4.78 is 0. The second-order valence-corrected chi connectivity index (χ2v) is 6.66. The summed E-state index contributed by atoms with van der Waals surface area (Å²) in [5, 5.41) is 0. The van der Waals surface area contributed by atoms with Crippen molar-refractivity contribution in [2.24, 2.45) is 17.2 Å². The van der Waals surface area contributed by atoms with Crippen molar-refractivity contribution in [1.29, 1.82) is 0 Å². The average molecular weight is 371 g/mol. The number of nitrogens with zero attached hydrogens (tertiary/aromatic N) is 4. The van der Waals surface area contributed by atoms with Gasteiger partial charge in [-0.3, -0.25) is 29.1 Å². The molecule has 1 saturated heterocycles. The number of nitrogens with two attached hydrogens (primary N) is 3. The van der Waals surface area contributed by atoms with Gasteiger partial charge in [0.05, 0.1) is 19.6 Å². The van der Waals surface area contributed by atoms with Gasteiger partial charge >= 0.3 is 0 Å². The molecular formula is C16H33N7O3. The standard InChI is InChI=1S/C16H33N7O3/c1-2-20-3-5-21(11-14(17)24)7-9-23(13-16(19)26)10-8-22(6-4-20)12-15(18)25/h2-13H2,1H3,(H2,17,24)(H2,18,25)(H2,19,26). The summed E-state index contributed by atoms with van der Waals surface area (Å²) in [6.07, 6.45) is 0. The van der Waals surface area contributed by atoms with Crippen molar-refractivity contribution >= 4 is 17.7 Å². The summed E-state index contributed by atoms with van der Waals surface area (Å²) in [4.78, 5) is 42.2. The Morgan fingerprint density at radius 1 is 0.577 bits per heavy atom. The van der Waals surface area contributed by atoms with Gasteiger partial charge in [-0.25, -0.2) is 0 Å². The summed E-state index contributed by atoms with van der Waals surface area (Å²) in [5.41, 5.74) is 16.1. The first-order valence-electron chi connectivity index (χ1n) is 9.04. The van der Waals surface area contributed by atoms with E-state index in [0.29, 0.717) is 39.3 Å². The summed E-state index contributed by atoms with van der Waals surface area (Å²) >= 11 is 0. The molecule has 0 saturated carbocycles. The van der Waals surface area contributed by atoms with E-state index in [1.54, 1.807) is 0 Å². The van der Waals surface area contributed by atoms with Crippen LogP contribution in [0.3, 0.4) is 0 Å². The van der Waals surface area contributed by atoms with Crippen molar-refractivity contribution in [1.82, 2.24) is 19.6 Å². The van der Waals surface area contributed by atoms with Gasteiger partial charge in [0.25, 0.3) is 0 Å². The Morgan fingerprint density at radius 3 is 1.00 bits per heavy atom. The lowest BCUT2D eigenvalue weighted by Gasteiger charge is -2.33. The van der Waals surface area contributed by atoms with Crippen LogP contribution in [0.25, 0.3) is 0 Å². The zero-order valence-corrected chi connectivity index (χ0v) is 15.7. The van der Waals surface area contributed by atoms with Crippen LogP contribution >= 0.6 is 0 Å². The van der Waals surface area contributed by atoms with E-state index in [9.17, 15) is 14.4 Å². The van der Waals surface area contributed by atoms with Crippen LogP contribution in [0.2, 0.25) is 0 Å². The molecule has 1 aliphatic rings. The molecule has 1 heterocycles. The van der Waals surface area contributed by atoms with E-state index >= 15 is 0 Å². The van der Waals surface area contributed by atoms with Crippen molar-refractivity contribution in [3.63, 3.8) is 0 Å². The molecular weight excluding hydrogens is 338 g/mol. The highest BCUT2D eigenvalue weighted by Gasteiger charge is 2.18. The lowest BCUT2D eigenvalue weighted by molar-refractivity contribution is -0.121. The molecule has 0 aromatic carbocycles. The second-order valence-electron chi connectivity index (χ2n) is 6.66. The van der Waals surface area contributed by atoms with Crippen LogP contribution in [0, 0.1) is 0 Å². The molecule has 1 fully saturated rings. The van der Waals surface area contributed by atoms with Gasteiger partial charge in [0.2, 0.25) is 17.7 Å². The number of carbonyl (C=O) groups excluding carboxylic acids is 3. The van der Waals surface area contributed by atoms with Gasteiger partial charge in [0, 0.05) is 52.4 Å². The Bertz CT molecular complexity index is 443. The highest BCUT2D eigenvalue weighted by molar-refractivity contribution is 5.76. The fourth-order valence-corrected chi connectivity index (χ4v) is 3.03. The zero-order valence-electron chi connectivity index (χ0n) is 15.7. The molecule has 26 heavy (non-hydrogen) atoms. The van der Waals surface area contributed by atoms with Crippen LogP contribution in [0.4, 0.5) is 0 Å². The third kappa shape index (κ3) is 9.66. The molecule has 150 valence electrons. The van der Waals surface area contributed by atoms with E-state index in [-0.39, 0.29) is 31.4 Å². The highest BCUT2D eigenvalue weighted by atomic mass is 16.2. The van der Waals surface area contributed by atoms with Crippen LogP contribution < -0.4 is 17.2 Å². The largest absolute Gasteiger partial charge is 0.369 e. The quantitative estimate of drug-likeness (QED) is 0.425. The number of carbonyl (C=O) groups is 3. The predicted molar refractivity (Wildman–Crippen MR) is 99.0 cm³/mol. The van der Waals surface area contributed by atoms with E-state index in [2.05, 4.69) is 11.8 Å². The van der Waals surface area contributed by atoms with E-state index in [4.69, 9.17) is 17.2 Å². The number of likely N-dealkylation sites (N-methyl/N-ethyl adjacent to an activating group) is 1. The van der Waals surface area contributed by atoms with Gasteiger partial charge in [-0.15, -0.1) is 0 Å². The smallest absolute Gasteiger partial charge is 0.231 e. The minimum Gasteiger partial charge on any atom is -0.369 e.